The molecular formula is C18H30N2O3S2. The van der Waals surface area contributed by atoms with E-state index in [9.17, 15) is 13.2 Å². The molecule has 0 bridgehead atoms. The molecule has 142 valence electrons. The van der Waals surface area contributed by atoms with Crippen LogP contribution >= 0.6 is 11.3 Å². The lowest BCUT2D eigenvalue weighted by atomic mass is 9.96. The topological polar surface area (TPSA) is 57.7 Å². The molecular weight excluding hydrogens is 356 g/mol. The van der Waals surface area contributed by atoms with Crippen LogP contribution in [0.4, 0.5) is 0 Å². The molecule has 0 N–H and O–H groups in total. The molecule has 1 aromatic rings. The third-order valence-electron chi connectivity index (χ3n) is 4.68. The maximum absolute atomic E-state index is 12.8. The van der Waals surface area contributed by atoms with Crippen molar-refractivity contribution in [3.63, 3.8) is 0 Å². The summed E-state index contributed by atoms with van der Waals surface area (Å²) < 4.78 is 27.5. The molecule has 1 aromatic heterocycles. The molecule has 2 heterocycles. The van der Waals surface area contributed by atoms with Crippen molar-refractivity contribution in [1.82, 2.24) is 9.21 Å². The molecule has 7 heteroatoms. The summed E-state index contributed by atoms with van der Waals surface area (Å²) in [5, 5.41) is 0. The number of piperidine rings is 1. The largest absolute Gasteiger partial charge is 0.342 e. The molecule has 1 saturated heterocycles. The van der Waals surface area contributed by atoms with E-state index in [2.05, 4.69) is 13.8 Å². The summed E-state index contributed by atoms with van der Waals surface area (Å²) in [5.74, 6) is 0.157. The summed E-state index contributed by atoms with van der Waals surface area (Å²) in [7, 11) is -3.41. The number of nitrogens with zero attached hydrogens (tertiary/aromatic N) is 2. The molecule has 0 aliphatic carbocycles. The van der Waals surface area contributed by atoms with Crippen LogP contribution in [0.5, 0.6) is 0 Å². The van der Waals surface area contributed by atoms with E-state index in [4.69, 9.17) is 0 Å². The molecule has 0 radical (unpaired) electrons. The quantitative estimate of drug-likeness (QED) is 0.688. The highest BCUT2D eigenvalue weighted by molar-refractivity contribution is 7.91. The van der Waals surface area contributed by atoms with Gasteiger partial charge >= 0.3 is 0 Å². The average molecular weight is 387 g/mol. The number of aryl methyl sites for hydroxylation is 1. The lowest BCUT2D eigenvalue weighted by Gasteiger charge is -2.33. The SMILES string of the molecule is CCCN(CCC)C(=O)C1CCN(S(=O)(=O)c2ccc(CC)s2)CC1. The minimum absolute atomic E-state index is 0.0425. The van der Waals surface area contributed by atoms with E-state index in [1.165, 1.54) is 11.3 Å². The van der Waals surface area contributed by atoms with Gasteiger partial charge in [0.05, 0.1) is 0 Å². The van der Waals surface area contributed by atoms with Crippen molar-refractivity contribution in [3.8, 4) is 0 Å². The third-order valence-corrected chi connectivity index (χ3v) is 8.28. The highest BCUT2D eigenvalue weighted by atomic mass is 32.2. The van der Waals surface area contributed by atoms with Gasteiger partial charge in [-0.15, -0.1) is 11.3 Å². The second-order valence-corrected chi connectivity index (χ2v) is 9.91. The van der Waals surface area contributed by atoms with Gasteiger partial charge in [0.2, 0.25) is 5.91 Å². The van der Waals surface area contributed by atoms with Crippen molar-refractivity contribution in [3.05, 3.63) is 17.0 Å². The van der Waals surface area contributed by atoms with E-state index < -0.39 is 10.0 Å². The Balaban J connectivity index is 1.99. The number of hydrogen-bond acceptors (Lipinski definition) is 4. The lowest BCUT2D eigenvalue weighted by molar-refractivity contribution is -0.136. The average Bonchev–Trinajstić information content (AvgIpc) is 3.11. The molecule has 1 fully saturated rings. The summed E-state index contributed by atoms with van der Waals surface area (Å²) in [6.45, 7) is 8.64. The zero-order valence-corrected chi connectivity index (χ0v) is 17.2. The molecule has 2 rings (SSSR count). The molecule has 25 heavy (non-hydrogen) atoms. The Bertz CT molecular complexity index is 656. The van der Waals surface area contributed by atoms with Gasteiger partial charge in [0.15, 0.2) is 0 Å². The Morgan fingerprint density at radius 3 is 2.24 bits per heavy atom. The van der Waals surface area contributed by atoms with E-state index in [-0.39, 0.29) is 11.8 Å². The Kier molecular flexibility index (Phi) is 7.46. The number of carbonyl (C=O) groups excluding carboxylic acids is 1. The number of hydrogen-bond donors (Lipinski definition) is 0. The van der Waals surface area contributed by atoms with Gasteiger partial charge in [0, 0.05) is 37.0 Å². The summed E-state index contributed by atoms with van der Waals surface area (Å²) in [6.07, 6.45) is 4.00. The van der Waals surface area contributed by atoms with Crippen LogP contribution in [0.3, 0.4) is 0 Å². The normalized spacial score (nSPS) is 16.9. The smallest absolute Gasteiger partial charge is 0.252 e. The van der Waals surface area contributed by atoms with Gasteiger partial charge in [-0.3, -0.25) is 4.79 Å². The fourth-order valence-corrected chi connectivity index (χ4v) is 6.21. The standard InChI is InChI=1S/C18H30N2O3S2/c1-4-11-19(12-5-2)18(21)15-9-13-20(14-10-15)25(22,23)17-8-7-16(6-3)24-17/h7-8,15H,4-6,9-14H2,1-3H3. The minimum atomic E-state index is -3.41. The van der Waals surface area contributed by atoms with Crippen LogP contribution in [0.1, 0.15) is 51.3 Å². The summed E-state index contributed by atoms with van der Waals surface area (Å²) in [6, 6.07) is 3.60. The van der Waals surface area contributed by atoms with Crippen LogP contribution in [-0.4, -0.2) is 49.7 Å². The molecule has 0 aromatic carbocycles. The molecule has 0 saturated carbocycles. The van der Waals surface area contributed by atoms with E-state index in [0.717, 1.165) is 37.2 Å². The van der Waals surface area contributed by atoms with E-state index in [0.29, 0.717) is 30.1 Å². The van der Waals surface area contributed by atoms with Crippen molar-refractivity contribution >= 4 is 27.3 Å². The molecule has 0 spiro atoms. The molecule has 1 aliphatic heterocycles. The first-order valence-electron chi connectivity index (χ1n) is 9.31. The van der Waals surface area contributed by atoms with Gasteiger partial charge in [-0.25, -0.2) is 8.42 Å². The zero-order valence-electron chi connectivity index (χ0n) is 15.5. The van der Waals surface area contributed by atoms with Crippen LogP contribution < -0.4 is 0 Å². The fourth-order valence-electron chi connectivity index (χ4n) is 3.29. The van der Waals surface area contributed by atoms with E-state index in [1.807, 2.05) is 17.9 Å². The van der Waals surface area contributed by atoms with Gasteiger partial charge in [-0.1, -0.05) is 20.8 Å². The molecule has 0 unspecified atom stereocenters. The van der Waals surface area contributed by atoms with Gasteiger partial charge < -0.3 is 4.90 Å². The van der Waals surface area contributed by atoms with Crippen LogP contribution in [0.2, 0.25) is 0 Å². The lowest BCUT2D eigenvalue weighted by Crippen LogP contribution is -2.44. The molecule has 0 atom stereocenters. The Hall–Kier alpha value is -0.920. The highest BCUT2D eigenvalue weighted by Gasteiger charge is 2.34. The predicted octanol–water partition coefficient (Wildman–Crippen LogP) is 3.36. The number of carbonyl (C=O) groups is 1. The first kappa shape index (κ1) is 20.4. The Morgan fingerprint density at radius 1 is 1.16 bits per heavy atom. The Morgan fingerprint density at radius 2 is 1.76 bits per heavy atom. The number of thiophene rings is 1. The maximum atomic E-state index is 12.8. The van der Waals surface area contributed by atoms with E-state index in [1.54, 1.807) is 10.4 Å². The fraction of sp³-hybridized carbons (Fsp3) is 0.722. The predicted molar refractivity (Wildman–Crippen MR) is 102 cm³/mol. The molecule has 1 aliphatic rings. The number of amides is 1. The number of rotatable bonds is 8. The summed E-state index contributed by atoms with van der Waals surface area (Å²) in [5.41, 5.74) is 0. The molecule has 5 nitrogen and oxygen atoms in total. The van der Waals surface area contributed by atoms with Crippen molar-refractivity contribution < 1.29 is 13.2 Å². The third kappa shape index (κ3) is 4.83. The van der Waals surface area contributed by atoms with E-state index >= 15 is 0 Å². The van der Waals surface area contributed by atoms with Crippen molar-refractivity contribution in [2.75, 3.05) is 26.2 Å². The van der Waals surface area contributed by atoms with Crippen LogP contribution in [-0.2, 0) is 21.2 Å². The number of sulfonamides is 1. The molecule has 1 amide bonds. The van der Waals surface area contributed by atoms with Gasteiger partial charge in [-0.05, 0) is 44.2 Å². The summed E-state index contributed by atoms with van der Waals surface area (Å²) >= 11 is 1.35. The Labute approximate surface area is 156 Å². The highest BCUT2D eigenvalue weighted by Crippen LogP contribution is 2.29. The van der Waals surface area contributed by atoms with Crippen molar-refractivity contribution in [1.29, 1.82) is 0 Å². The second-order valence-electron chi connectivity index (χ2n) is 6.58. The first-order chi connectivity index (χ1) is 11.9. The van der Waals surface area contributed by atoms with Crippen LogP contribution in [0.25, 0.3) is 0 Å². The summed E-state index contributed by atoms with van der Waals surface area (Å²) in [4.78, 5) is 15.7. The van der Waals surface area contributed by atoms with Crippen molar-refractivity contribution in [2.45, 2.75) is 57.1 Å². The van der Waals surface area contributed by atoms with Crippen molar-refractivity contribution in [2.24, 2.45) is 5.92 Å². The van der Waals surface area contributed by atoms with Gasteiger partial charge in [0.1, 0.15) is 4.21 Å². The van der Waals surface area contributed by atoms with Crippen LogP contribution in [0.15, 0.2) is 16.3 Å². The minimum Gasteiger partial charge on any atom is -0.342 e. The first-order valence-corrected chi connectivity index (χ1v) is 11.6. The zero-order chi connectivity index (χ0) is 18.4. The maximum Gasteiger partial charge on any atom is 0.252 e. The second kappa shape index (κ2) is 9.14. The monoisotopic (exact) mass is 386 g/mol. The van der Waals surface area contributed by atoms with Crippen LogP contribution in [0, 0.1) is 5.92 Å². The van der Waals surface area contributed by atoms with Gasteiger partial charge in [-0.2, -0.15) is 4.31 Å². The van der Waals surface area contributed by atoms with Gasteiger partial charge in [0.25, 0.3) is 10.0 Å².